The van der Waals surface area contributed by atoms with Crippen LogP contribution in [0.4, 0.5) is 0 Å². The van der Waals surface area contributed by atoms with Crippen LogP contribution in [-0.2, 0) is 11.3 Å². The summed E-state index contributed by atoms with van der Waals surface area (Å²) in [6.07, 6.45) is 0.473. The number of esters is 1. The van der Waals surface area contributed by atoms with Crippen molar-refractivity contribution in [3.8, 4) is 5.75 Å². The summed E-state index contributed by atoms with van der Waals surface area (Å²) in [7, 11) is 0. The molecule has 0 aliphatic carbocycles. The molecule has 1 aromatic carbocycles. The molecule has 0 saturated carbocycles. The topological polar surface area (TPSA) is 117 Å². The van der Waals surface area contributed by atoms with Crippen LogP contribution in [0.3, 0.4) is 0 Å². The summed E-state index contributed by atoms with van der Waals surface area (Å²) in [5.74, 6) is -1.39. The fourth-order valence-electron chi connectivity index (χ4n) is 2.58. The van der Waals surface area contributed by atoms with Gasteiger partial charge in [0.15, 0.2) is 5.56 Å². The van der Waals surface area contributed by atoms with E-state index in [0.29, 0.717) is 5.56 Å². The van der Waals surface area contributed by atoms with E-state index in [1.54, 1.807) is 31.2 Å². The van der Waals surface area contributed by atoms with Gasteiger partial charge < -0.3 is 19.9 Å². The van der Waals surface area contributed by atoms with E-state index in [4.69, 9.17) is 4.74 Å². The van der Waals surface area contributed by atoms with Gasteiger partial charge in [0, 0.05) is 0 Å². The van der Waals surface area contributed by atoms with Crippen molar-refractivity contribution >= 4 is 17.0 Å². The average Bonchev–Trinajstić information content (AvgIpc) is 2.99. The maximum atomic E-state index is 12.2. The molecule has 8 nitrogen and oxygen atoms in total. The Labute approximate surface area is 142 Å². The summed E-state index contributed by atoms with van der Waals surface area (Å²) >= 11 is 0. The lowest BCUT2D eigenvalue weighted by Crippen LogP contribution is -2.21. The number of pyridine rings is 1. The first-order valence-corrected chi connectivity index (χ1v) is 7.73. The maximum Gasteiger partial charge on any atom is 0.347 e. The number of aromatic nitrogens is 3. The lowest BCUT2D eigenvalue weighted by atomic mass is 10.1. The first-order chi connectivity index (χ1) is 12.0. The van der Waals surface area contributed by atoms with Crippen LogP contribution in [0.15, 0.2) is 41.3 Å². The van der Waals surface area contributed by atoms with Crippen molar-refractivity contribution in [2.24, 2.45) is 0 Å². The van der Waals surface area contributed by atoms with E-state index < -0.39 is 28.9 Å². The molecule has 0 bridgehead atoms. The average molecular weight is 343 g/mol. The first kappa shape index (κ1) is 16.7. The number of carbonyl (C=O) groups is 1. The molecule has 3 rings (SSSR count). The number of ether oxygens (including phenoxy) is 1. The summed E-state index contributed by atoms with van der Waals surface area (Å²) in [4.78, 5) is 26.5. The Kier molecular flexibility index (Phi) is 4.53. The zero-order chi connectivity index (χ0) is 18.0. The lowest BCUT2D eigenvalue weighted by Gasteiger charge is -2.12. The Morgan fingerprint density at radius 3 is 2.76 bits per heavy atom. The first-order valence-electron chi connectivity index (χ1n) is 7.73. The molecule has 1 atom stereocenters. The molecule has 0 amide bonds. The predicted octanol–water partition coefficient (Wildman–Crippen LogP) is 1.34. The highest BCUT2D eigenvalue weighted by atomic mass is 16.5. The Hall–Kier alpha value is -3.13. The van der Waals surface area contributed by atoms with E-state index in [9.17, 15) is 19.8 Å². The van der Waals surface area contributed by atoms with Gasteiger partial charge in [0.05, 0.1) is 30.8 Å². The third-order valence-electron chi connectivity index (χ3n) is 3.80. The number of rotatable bonds is 5. The van der Waals surface area contributed by atoms with E-state index in [0.717, 1.165) is 0 Å². The minimum atomic E-state index is -0.903. The van der Waals surface area contributed by atoms with Crippen molar-refractivity contribution in [1.82, 2.24) is 14.8 Å². The molecule has 2 heterocycles. The Morgan fingerprint density at radius 2 is 2.08 bits per heavy atom. The predicted molar refractivity (Wildman–Crippen MR) is 89.4 cm³/mol. The van der Waals surface area contributed by atoms with Gasteiger partial charge in [-0.05, 0) is 12.5 Å². The van der Waals surface area contributed by atoms with Crippen molar-refractivity contribution in [1.29, 1.82) is 0 Å². The van der Waals surface area contributed by atoms with Crippen molar-refractivity contribution in [3.05, 3.63) is 58.0 Å². The molecule has 0 aliphatic heterocycles. The van der Waals surface area contributed by atoms with Crippen LogP contribution in [0.25, 0.3) is 11.0 Å². The Morgan fingerprint density at radius 1 is 1.36 bits per heavy atom. The molecule has 0 saturated heterocycles. The molecule has 3 N–H and O–H groups in total. The Bertz CT molecular complexity index is 962. The smallest absolute Gasteiger partial charge is 0.347 e. The van der Waals surface area contributed by atoms with E-state index in [1.807, 2.05) is 6.07 Å². The van der Waals surface area contributed by atoms with Crippen molar-refractivity contribution in [3.63, 3.8) is 0 Å². The van der Waals surface area contributed by atoms with Gasteiger partial charge in [-0.15, -0.1) is 0 Å². The molecule has 1 unspecified atom stereocenters. The second-order valence-corrected chi connectivity index (χ2v) is 5.41. The number of hydrogen-bond acceptors (Lipinski definition) is 6. The molecule has 0 radical (unpaired) electrons. The fraction of sp³-hybridized carbons (Fsp3) is 0.235. The number of aromatic hydroxyl groups is 1. The molecule has 3 aromatic rings. The minimum Gasteiger partial charge on any atom is -0.506 e. The third kappa shape index (κ3) is 3.11. The Balaban J connectivity index is 2.00. The number of fused-ring (bicyclic) bond motifs is 1. The molecule has 25 heavy (non-hydrogen) atoms. The van der Waals surface area contributed by atoms with Gasteiger partial charge in [0.25, 0.3) is 5.56 Å². The standard InChI is InChI=1S/C17H17N3O5/c1-2-25-17(24)13-14(22)11-8-18-20(15(11)19-16(13)23)9-12(21)10-6-4-3-5-7-10/h3-8,12,21H,2,9H2,1H3,(H2,19,22,23). The highest BCUT2D eigenvalue weighted by molar-refractivity contribution is 5.98. The summed E-state index contributed by atoms with van der Waals surface area (Å²) in [6, 6.07) is 9.00. The van der Waals surface area contributed by atoms with Crippen molar-refractivity contribution < 1.29 is 19.7 Å². The van der Waals surface area contributed by atoms with Crippen LogP contribution in [-0.4, -0.2) is 37.6 Å². The van der Waals surface area contributed by atoms with E-state index in [-0.39, 0.29) is 24.2 Å². The molecule has 2 aromatic heterocycles. The SMILES string of the molecule is CCOC(=O)c1c(O)c2cnn(CC(O)c3ccccc3)c2[nH]c1=O. The summed E-state index contributed by atoms with van der Waals surface area (Å²) in [5, 5.41) is 24.8. The van der Waals surface area contributed by atoms with E-state index in [2.05, 4.69) is 10.1 Å². The van der Waals surface area contributed by atoms with Gasteiger partial charge in [-0.1, -0.05) is 30.3 Å². The molecular formula is C17H17N3O5. The molecule has 8 heteroatoms. The van der Waals surface area contributed by atoms with Gasteiger partial charge in [0.1, 0.15) is 11.4 Å². The van der Waals surface area contributed by atoms with Crippen LogP contribution < -0.4 is 5.56 Å². The van der Waals surface area contributed by atoms with Gasteiger partial charge in [-0.25, -0.2) is 9.48 Å². The lowest BCUT2D eigenvalue weighted by molar-refractivity contribution is 0.0521. The van der Waals surface area contributed by atoms with Crippen LogP contribution in [0.5, 0.6) is 5.75 Å². The van der Waals surface area contributed by atoms with Crippen LogP contribution >= 0.6 is 0 Å². The highest BCUT2D eigenvalue weighted by Gasteiger charge is 2.23. The second-order valence-electron chi connectivity index (χ2n) is 5.41. The zero-order valence-corrected chi connectivity index (χ0v) is 13.5. The van der Waals surface area contributed by atoms with Gasteiger partial charge in [-0.3, -0.25) is 4.79 Å². The quantitative estimate of drug-likeness (QED) is 0.602. The summed E-state index contributed by atoms with van der Waals surface area (Å²) in [5.41, 5.74) is -0.330. The van der Waals surface area contributed by atoms with Crippen LogP contribution in [0, 0.1) is 0 Å². The molecule has 0 fully saturated rings. The molecule has 0 spiro atoms. The summed E-state index contributed by atoms with van der Waals surface area (Å²) < 4.78 is 6.15. The number of aromatic amines is 1. The molecular weight excluding hydrogens is 326 g/mol. The number of aliphatic hydroxyl groups excluding tert-OH is 1. The van der Waals surface area contributed by atoms with E-state index >= 15 is 0 Å². The second kappa shape index (κ2) is 6.78. The number of nitrogens with zero attached hydrogens (tertiary/aromatic N) is 2. The third-order valence-corrected chi connectivity index (χ3v) is 3.80. The number of H-pyrrole nitrogens is 1. The minimum absolute atomic E-state index is 0.0711. The normalized spacial score (nSPS) is 12.2. The number of hydrogen-bond donors (Lipinski definition) is 3. The number of aliphatic hydroxyl groups is 1. The molecule has 0 aliphatic rings. The molecule has 130 valence electrons. The maximum absolute atomic E-state index is 12.2. The highest BCUT2D eigenvalue weighted by Crippen LogP contribution is 2.26. The number of benzene rings is 1. The van der Waals surface area contributed by atoms with Crippen LogP contribution in [0.1, 0.15) is 28.9 Å². The number of carbonyl (C=O) groups excluding carboxylic acids is 1. The van der Waals surface area contributed by atoms with Crippen LogP contribution in [0.2, 0.25) is 0 Å². The van der Waals surface area contributed by atoms with Crippen molar-refractivity contribution in [2.45, 2.75) is 19.6 Å². The van der Waals surface area contributed by atoms with Gasteiger partial charge in [0.2, 0.25) is 0 Å². The monoisotopic (exact) mass is 343 g/mol. The van der Waals surface area contributed by atoms with Gasteiger partial charge >= 0.3 is 5.97 Å². The fourth-order valence-corrected chi connectivity index (χ4v) is 2.58. The van der Waals surface area contributed by atoms with Crippen molar-refractivity contribution in [2.75, 3.05) is 6.61 Å². The largest absolute Gasteiger partial charge is 0.506 e. The zero-order valence-electron chi connectivity index (χ0n) is 13.5. The number of nitrogens with one attached hydrogen (secondary N) is 1. The van der Waals surface area contributed by atoms with E-state index in [1.165, 1.54) is 10.9 Å². The van der Waals surface area contributed by atoms with Gasteiger partial charge in [-0.2, -0.15) is 5.10 Å². The summed E-state index contributed by atoms with van der Waals surface area (Å²) in [6.45, 7) is 1.75.